The summed E-state index contributed by atoms with van der Waals surface area (Å²) in [4.78, 5) is 12.6. The third kappa shape index (κ3) is 3.27. The largest absolute Gasteiger partial charge is 0.451 e. The van der Waals surface area contributed by atoms with Crippen molar-refractivity contribution in [1.29, 1.82) is 0 Å². The minimum Gasteiger partial charge on any atom is -0.451 e. The highest BCUT2D eigenvalue weighted by molar-refractivity contribution is 6.06. The lowest BCUT2D eigenvalue weighted by atomic mass is 10.1. The van der Waals surface area contributed by atoms with Crippen molar-refractivity contribution < 1.29 is 13.9 Å². The molecule has 0 fully saturated rings. The van der Waals surface area contributed by atoms with Gasteiger partial charge in [-0.3, -0.25) is 4.79 Å². The minimum atomic E-state index is -0.262. The number of hydrogen-bond acceptors (Lipinski definition) is 3. The maximum Gasteiger partial charge on any atom is 0.291 e. The Bertz CT molecular complexity index is 836. The van der Waals surface area contributed by atoms with Gasteiger partial charge in [0.2, 0.25) is 0 Å². The van der Waals surface area contributed by atoms with Gasteiger partial charge in [-0.25, -0.2) is 0 Å². The average Bonchev–Trinajstić information content (AvgIpc) is 2.91. The van der Waals surface area contributed by atoms with Crippen molar-refractivity contribution in [1.82, 2.24) is 0 Å². The minimum absolute atomic E-state index is 0.262. The number of rotatable bonds is 5. The van der Waals surface area contributed by atoms with E-state index in [4.69, 9.17) is 9.15 Å². The Morgan fingerprint density at radius 3 is 2.78 bits per heavy atom. The van der Waals surface area contributed by atoms with Crippen LogP contribution in [0.1, 0.15) is 28.6 Å². The average molecular weight is 309 g/mol. The van der Waals surface area contributed by atoms with Gasteiger partial charge in [0.1, 0.15) is 5.58 Å². The van der Waals surface area contributed by atoms with E-state index in [9.17, 15) is 4.79 Å². The zero-order chi connectivity index (χ0) is 16.2. The lowest BCUT2D eigenvalue weighted by molar-refractivity contribution is 0.0984. The molecule has 4 nitrogen and oxygen atoms in total. The summed E-state index contributed by atoms with van der Waals surface area (Å²) in [6.07, 6.45) is 0. The predicted molar refractivity (Wildman–Crippen MR) is 90.7 cm³/mol. The summed E-state index contributed by atoms with van der Waals surface area (Å²) >= 11 is 0. The van der Waals surface area contributed by atoms with Crippen LogP contribution in [0, 0.1) is 6.92 Å². The van der Waals surface area contributed by atoms with Crippen LogP contribution >= 0.6 is 0 Å². The molecule has 0 spiro atoms. The van der Waals surface area contributed by atoms with E-state index < -0.39 is 0 Å². The number of hydrogen-bond donors (Lipinski definition) is 1. The highest BCUT2D eigenvalue weighted by Crippen LogP contribution is 2.27. The number of para-hydroxylation sites is 1. The van der Waals surface area contributed by atoms with E-state index in [0.717, 1.165) is 22.2 Å². The zero-order valence-corrected chi connectivity index (χ0v) is 13.3. The Morgan fingerprint density at radius 2 is 2.00 bits per heavy atom. The van der Waals surface area contributed by atoms with Crippen molar-refractivity contribution in [2.75, 3.05) is 11.9 Å². The van der Waals surface area contributed by atoms with E-state index in [0.29, 0.717) is 24.6 Å². The highest BCUT2D eigenvalue weighted by Gasteiger charge is 2.20. The molecule has 1 N–H and O–H groups in total. The van der Waals surface area contributed by atoms with Gasteiger partial charge in [-0.2, -0.15) is 0 Å². The Balaban J connectivity index is 1.95. The number of anilines is 1. The first-order valence-electron chi connectivity index (χ1n) is 7.65. The number of benzene rings is 2. The third-order valence-corrected chi connectivity index (χ3v) is 3.63. The third-order valence-electron chi connectivity index (χ3n) is 3.63. The van der Waals surface area contributed by atoms with Crippen LogP contribution < -0.4 is 5.32 Å². The van der Waals surface area contributed by atoms with Gasteiger partial charge in [-0.05, 0) is 37.6 Å². The maximum absolute atomic E-state index is 12.6. The molecular weight excluding hydrogens is 290 g/mol. The molecule has 0 bridgehead atoms. The highest BCUT2D eigenvalue weighted by atomic mass is 16.5. The molecule has 0 unspecified atom stereocenters. The van der Waals surface area contributed by atoms with Gasteiger partial charge >= 0.3 is 0 Å². The number of carbonyl (C=O) groups is 1. The summed E-state index contributed by atoms with van der Waals surface area (Å²) in [6, 6.07) is 15.3. The molecule has 0 aliphatic carbocycles. The summed E-state index contributed by atoms with van der Waals surface area (Å²) in [6.45, 7) is 4.84. The van der Waals surface area contributed by atoms with Gasteiger partial charge in [0.15, 0.2) is 5.76 Å². The fourth-order valence-electron chi connectivity index (χ4n) is 2.54. The quantitative estimate of drug-likeness (QED) is 0.753. The lowest BCUT2D eigenvalue weighted by Gasteiger charge is -2.06. The normalized spacial score (nSPS) is 10.9. The van der Waals surface area contributed by atoms with E-state index in [1.54, 1.807) is 0 Å². The topological polar surface area (TPSA) is 51.5 Å². The van der Waals surface area contributed by atoms with Gasteiger partial charge < -0.3 is 14.5 Å². The SMILES string of the molecule is CCOCc1c(C(=O)Nc2cccc(C)c2)oc2ccccc12. The number of carbonyl (C=O) groups excluding carboxylic acids is 1. The monoisotopic (exact) mass is 309 g/mol. The second-order valence-corrected chi connectivity index (χ2v) is 5.37. The number of ether oxygens (including phenoxy) is 1. The van der Waals surface area contributed by atoms with Crippen LogP contribution in [0.5, 0.6) is 0 Å². The van der Waals surface area contributed by atoms with E-state index in [1.165, 1.54) is 0 Å². The van der Waals surface area contributed by atoms with Crippen molar-refractivity contribution in [2.45, 2.75) is 20.5 Å². The number of aryl methyl sites for hydroxylation is 1. The van der Waals surface area contributed by atoms with Crippen LogP contribution in [-0.2, 0) is 11.3 Å². The van der Waals surface area contributed by atoms with Crippen LogP contribution in [0.4, 0.5) is 5.69 Å². The molecule has 0 saturated carbocycles. The molecule has 4 heteroatoms. The maximum atomic E-state index is 12.6. The van der Waals surface area contributed by atoms with Gasteiger partial charge in [-0.1, -0.05) is 30.3 Å². The van der Waals surface area contributed by atoms with Gasteiger partial charge in [0, 0.05) is 23.2 Å². The van der Waals surface area contributed by atoms with Crippen molar-refractivity contribution in [3.05, 3.63) is 65.4 Å². The summed E-state index contributed by atoms with van der Waals surface area (Å²) in [5.74, 6) is 0.0441. The first-order chi connectivity index (χ1) is 11.2. The number of amides is 1. The molecular formula is C19H19NO3. The second-order valence-electron chi connectivity index (χ2n) is 5.37. The number of furan rings is 1. The predicted octanol–water partition coefficient (Wildman–Crippen LogP) is 4.53. The molecule has 3 aromatic rings. The molecule has 23 heavy (non-hydrogen) atoms. The van der Waals surface area contributed by atoms with Crippen LogP contribution in [-0.4, -0.2) is 12.5 Å². The second kappa shape index (κ2) is 6.67. The van der Waals surface area contributed by atoms with Crippen LogP contribution in [0.3, 0.4) is 0 Å². The Morgan fingerprint density at radius 1 is 1.17 bits per heavy atom. The molecule has 3 rings (SSSR count). The molecule has 1 aromatic heterocycles. The Labute approximate surface area is 135 Å². The summed E-state index contributed by atoms with van der Waals surface area (Å²) in [5.41, 5.74) is 3.31. The zero-order valence-electron chi connectivity index (χ0n) is 13.3. The molecule has 0 aliphatic rings. The summed E-state index contributed by atoms with van der Waals surface area (Å²) < 4.78 is 11.3. The van der Waals surface area contributed by atoms with E-state index in [-0.39, 0.29) is 5.91 Å². The first kappa shape index (κ1) is 15.3. The molecule has 2 aromatic carbocycles. The van der Waals surface area contributed by atoms with Crippen LogP contribution in [0.15, 0.2) is 52.9 Å². The summed E-state index contributed by atoms with van der Waals surface area (Å²) in [5, 5.41) is 3.80. The molecule has 0 atom stereocenters. The van der Waals surface area contributed by atoms with E-state index in [1.807, 2.05) is 62.4 Å². The first-order valence-corrected chi connectivity index (χ1v) is 7.65. The number of fused-ring (bicyclic) bond motifs is 1. The Kier molecular flexibility index (Phi) is 4.44. The van der Waals surface area contributed by atoms with Gasteiger partial charge in [0.25, 0.3) is 5.91 Å². The fraction of sp³-hybridized carbons (Fsp3) is 0.211. The lowest BCUT2D eigenvalue weighted by Crippen LogP contribution is -2.13. The van der Waals surface area contributed by atoms with Crippen LogP contribution in [0.2, 0.25) is 0 Å². The molecule has 0 saturated heterocycles. The van der Waals surface area contributed by atoms with Crippen molar-refractivity contribution >= 4 is 22.6 Å². The molecule has 118 valence electrons. The van der Waals surface area contributed by atoms with Crippen molar-refractivity contribution in [3.8, 4) is 0 Å². The van der Waals surface area contributed by atoms with Crippen molar-refractivity contribution in [2.24, 2.45) is 0 Å². The molecule has 1 amide bonds. The van der Waals surface area contributed by atoms with E-state index in [2.05, 4.69) is 5.32 Å². The van der Waals surface area contributed by atoms with Gasteiger partial charge in [-0.15, -0.1) is 0 Å². The Hall–Kier alpha value is -2.59. The molecule has 1 heterocycles. The van der Waals surface area contributed by atoms with Crippen molar-refractivity contribution in [3.63, 3.8) is 0 Å². The standard InChI is InChI=1S/C19H19NO3/c1-3-22-12-16-15-9-4-5-10-17(15)23-18(16)19(21)20-14-8-6-7-13(2)11-14/h4-11H,3,12H2,1-2H3,(H,20,21). The van der Waals surface area contributed by atoms with Crippen LogP contribution in [0.25, 0.3) is 11.0 Å². The number of nitrogens with one attached hydrogen (secondary N) is 1. The van der Waals surface area contributed by atoms with E-state index >= 15 is 0 Å². The molecule has 0 aliphatic heterocycles. The van der Waals surface area contributed by atoms with Gasteiger partial charge in [0.05, 0.1) is 6.61 Å². The smallest absolute Gasteiger partial charge is 0.291 e. The summed E-state index contributed by atoms with van der Waals surface area (Å²) in [7, 11) is 0. The fourth-order valence-corrected chi connectivity index (χ4v) is 2.54. The molecule has 0 radical (unpaired) electrons.